The molecule has 0 bridgehead atoms. The molecule has 1 saturated heterocycles. The fourth-order valence-corrected chi connectivity index (χ4v) is 5.35. The monoisotopic (exact) mass is 584 g/mol. The van der Waals surface area contributed by atoms with Crippen LogP contribution in [0.1, 0.15) is 19.8 Å². The molecule has 2 aliphatic rings. The molecule has 4 unspecified atom stereocenters. The molecule has 2 aliphatic heterocycles. The lowest BCUT2D eigenvalue weighted by Crippen LogP contribution is -2.47. The number of ether oxygens (including phenoxy) is 4. The molecule has 0 N–H and O–H groups in total. The fraction of sp³-hybridized carbons (Fsp3) is 0.519. The Balaban J connectivity index is 1.49. The van der Waals surface area contributed by atoms with Crippen molar-refractivity contribution < 1.29 is 36.9 Å². The molecule has 218 valence electrons. The van der Waals surface area contributed by atoms with Gasteiger partial charge in [0.25, 0.3) is 0 Å². The van der Waals surface area contributed by atoms with Crippen molar-refractivity contribution in [2.24, 2.45) is 16.9 Å². The molecular formula is C27H32ClF3N4O5. The lowest BCUT2D eigenvalue weighted by molar-refractivity contribution is -0.141. The summed E-state index contributed by atoms with van der Waals surface area (Å²) in [5.74, 6) is -0.583. The van der Waals surface area contributed by atoms with Crippen LogP contribution in [0.25, 0.3) is 0 Å². The van der Waals surface area contributed by atoms with Crippen LogP contribution in [0.3, 0.4) is 0 Å². The number of carbonyl (C=O) groups is 1. The summed E-state index contributed by atoms with van der Waals surface area (Å²) >= 11 is 6.41. The summed E-state index contributed by atoms with van der Waals surface area (Å²) in [6.45, 7) is 3.16. The lowest BCUT2D eigenvalue weighted by atomic mass is 9.94. The maximum absolute atomic E-state index is 13.6. The van der Waals surface area contributed by atoms with E-state index in [9.17, 15) is 18.0 Å². The van der Waals surface area contributed by atoms with Gasteiger partial charge in [-0.15, -0.1) is 0 Å². The van der Waals surface area contributed by atoms with Gasteiger partial charge in [0.15, 0.2) is 0 Å². The fourth-order valence-electron chi connectivity index (χ4n) is 5.13. The third kappa shape index (κ3) is 6.55. The molecule has 1 aromatic carbocycles. The maximum atomic E-state index is 13.6. The number of hydrogen-bond acceptors (Lipinski definition) is 9. The summed E-state index contributed by atoms with van der Waals surface area (Å²) in [4.78, 5) is 18.2. The largest absolute Gasteiger partial charge is 0.490 e. The van der Waals surface area contributed by atoms with Crippen molar-refractivity contribution in [1.29, 1.82) is 0 Å². The first-order chi connectivity index (χ1) is 19.0. The number of hydrogen-bond donors (Lipinski definition) is 0. The number of aromatic nitrogens is 1. The average Bonchev–Trinajstić information content (AvgIpc) is 3.26. The SMILES string of the molecule is COCC1CN(c2cc(OC)ncc2Cl)CCC1Oc1ccc(N2N=C(C(F)(F)F)C(C)C2CC(=O)OC)cc1. The topological polar surface area (TPSA) is 85.7 Å². The molecule has 1 fully saturated rings. The molecule has 0 radical (unpaired) electrons. The van der Waals surface area contributed by atoms with Gasteiger partial charge in [0.05, 0.1) is 55.9 Å². The number of halogens is 4. The van der Waals surface area contributed by atoms with E-state index in [1.165, 1.54) is 19.0 Å². The minimum absolute atomic E-state index is 0.0106. The smallest absolute Gasteiger partial charge is 0.431 e. The molecule has 4 atom stereocenters. The van der Waals surface area contributed by atoms with Gasteiger partial charge in [-0.05, 0) is 24.3 Å². The molecule has 40 heavy (non-hydrogen) atoms. The zero-order valence-electron chi connectivity index (χ0n) is 22.7. The van der Waals surface area contributed by atoms with Crippen molar-refractivity contribution in [2.45, 2.75) is 38.1 Å². The Labute approximate surface area is 235 Å². The Morgan fingerprint density at radius 2 is 1.90 bits per heavy atom. The van der Waals surface area contributed by atoms with E-state index in [-0.39, 0.29) is 18.4 Å². The summed E-state index contributed by atoms with van der Waals surface area (Å²) in [5.41, 5.74) is 0.303. The second kappa shape index (κ2) is 12.5. The number of rotatable bonds is 9. The van der Waals surface area contributed by atoms with Gasteiger partial charge in [0, 0.05) is 44.5 Å². The van der Waals surface area contributed by atoms with E-state index in [0.717, 1.165) is 5.69 Å². The van der Waals surface area contributed by atoms with E-state index in [4.69, 9.17) is 30.5 Å². The van der Waals surface area contributed by atoms with E-state index in [1.54, 1.807) is 50.7 Å². The van der Waals surface area contributed by atoms with Crippen molar-refractivity contribution in [2.75, 3.05) is 50.9 Å². The quantitative estimate of drug-likeness (QED) is 0.382. The second-order valence-corrected chi connectivity index (χ2v) is 10.1. The van der Waals surface area contributed by atoms with Crippen LogP contribution in [0.5, 0.6) is 11.6 Å². The van der Waals surface area contributed by atoms with Crippen LogP contribution in [0, 0.1) is 11.8 Å². The van der Waals surface area contributed by atoms with Crippen LogP contribution in [0.4, 0.5) is 24.5 Å². The minimum atomic E-state index is -4.61. The Morgan fingerprint density at radius 3 is 2.52 bits per heavy atom. The molecule has 1 aromatic heterocycles. The standard InChI is InChI=1S/C27H32ClF3N4O5/c1-16-21(12-25(36)39-4)35(33-26(16)27(29,30)31)18-5-7-19(8-6-18)40-23-9-10-34(14-17(23)15-37-2)22-11-24(38-3)32-13-20(22)28/h5-8,11,13,16-17,21,23H,9-10,12,14-15H2,1-4H3. The summed E-state index contributed by atoms with van der Waals surface area (Å²) in [7, 11) is 4.38. The zero-order valence-corrected chi connectivity index (χ0v) is 23.4. The number of methoxy groups -OCH3 is 3. The predicted molar refractivity (Wildman–Crippen MR) is 144 cm³/mol. The van der Waals surface area contributed by atoms with Crippen molar-refractivity contribution >= 4 is 34.7 Å². The van der Waals surface area contributed by atoms with Crippen LogP contribution < -0.4 is 19.4 Å². The predicted octanol–water partition coefficient (Wildman–Crippen LogP) is 4.97. The third-order valence-electron chi connectivity index (χ3n) is 7.23. The molecule has 2 aromatic rings. The number of esters is 1. The Bertz CT molecular complexity index is 1210. The first-order valence-electron chi connectivity index (χ1n) is 12.8. The van der Waals surface area contributed by atoms with E-state index >= 15 is 0 Å². The molecule has 0 saturated carbocycles. The third-order valence-corrected chi connectivity index (χ3v) is 7.52. The number of nitrogens with zero attached hydrogens (tertiary/aromatic N) is 4. The van der Waals surface area contributed by atoms with Crippen molar-refractivity contribution in [3.63, 3.8) is 0 Å². The highest BCUT2D eigenvalue weighted by Gasteiger charge is 2.49. The number of piperidine rings is 1. The number of alkyl halides is 3. The molecule has 3 heterocycles. The molecule has 13 heteroatoms. The molecule has 0 spiro atoms. The molecule has 0 aliphatic carbocycles. The van der Waals surface area contributed by atoms with Gasteiger partial charge >= 0.3 is 12.1 Å². The van der Waals surface area contributed by atoms with Gasteiger partial charge in [-0.2, -0.15) is 18.3 Å². The second-order valence-electron chi connectivity index (χ2n) is 9.74. The Hall–Kier alpha value is -3.25. The van der Waals surface area contributed by atoms with Gasteiger partial charge in [-0.1, -0.05) is 18.5 Å². The van der Waals surface area contributed by atoms with Gasteiger partial charge in [0.1, 0.15) is 17.6 Å². The molecule has 4 rings (SSSR count). The molecular weight excluding hydrogens is 553 g/mol. The summed E-state index contributed by atoms with van der Waals surface area (Å²) in [6, 6.07) is 7.63. The van der Waals surface area contributed by atoms with Crippen LogP contribution in [-0.4, -0.2) is 76.0 Å². The van der Waals surface area contributed by atoms with Crippen molar-refractivity contribution in [3.8, 4) is 11.6 Å². The van der Waals surface area contributed by atoms with Crippen molar-refractivity contribution in [1.82, 2.24) is 4.98 Å². The van der Waals surface area contributed by atoms with Crippen LogP contribution in [-0.2, 0) is 14.3 Å². The first-order valence-corrected chi connectivity index (χ1v) is 13.1. The van der Waals surface area contributed by atoms with E-state index in [1.807, 2.05) is 0 Å². The maximum Gasteiger partial charge on any atom is 0.431 e. The summed E-state index contributed by atoms with van der Waals surface area (Å²) < 4.78 is 62.5. The highest BCUT2D eigenvalue weighted by molar-refractivity contribution is 6.33. The Kier molecular flexibility index (Phi) is 9.29. The normalized spacial score (nSPS) is 23.1. The molecule has 9 nitrogen and oxygen atoms in total. The number of carbonyl (C=O) groups excluding carboxylic acids is 1. The van der Waals surface area contributed by atoms with E-state index < -0.39 is 29.8 Å². The van der Waals surface area contributed by atoms with Gasteiger partial charge in [-0.25, -0.2) is 4.98 Å². The van der Waals surface area contributed by atoms with Crippen molar-refractivity contribution in [3.05, 3.63) is 41.6 Å². The Morgan fingerprint density at radius 1 is 1.18 bits per heavy atom. The van der Waals surface area contributed by atoms with Gasteiger partial charge < -0.3 is 23.8 Å². The number of hydrazone groups is 1. The van der Waals surface area contributed by atoms with Gasteiger partial charge in [-0.3, -0.25) is 9.80 Å². The highest BCUT2D eigenvalue weighted by Crippen LogP contribution is 2.38. The molecule has 0 amide bonds. The number of anilines is 2. The number of pyridine rings is 1. The number of benzene rings is 1. The van der Waals surface area contributed by atoms with Crippen LogP contribution >= 0.6 is 11.6 Å². The van der Waals surface area contributed by atoms with Crippen LogP contribution in [0.15, 0.2) is 41.6 Å². The minimum Gasteiger partial charge on any atom is -0.490 e. The van der Waals surface area contributed by atoms with Gasteiger partial charge in [0.2, 0.25) is 5.88 Å². The average molecular weight is 585 g/mol. The van der Waals surface area contributed by atoms with Crippen LogP contribution in [0.2, 0.25) is 5.02 Å². The van der Waals surface area contributed by atoms with E-state index in [2.05, 4.69) is 15.0 Å². The highest BCUT2D eigenvalue weighted by atomic mass is 35.5. The summed E-state index contributed by atoms with van der Waals surface area (Å²) in [5, 5.41) is 5.61. The summed E-state index contributed by atoms with van der Waals surface area (Å²) in [6.07, 6.45) is -2.77. The lowest BCUT2D eigenvalue weighted by Gasteiger charge is -2.39. The zero-order chi connectivity index (χ0) is 29.0. The first kappa shape index (κ1) is 29.7. The van der Waals surface area contributed by atoms with E-state index in [0.29, 0.717) is 48.5 Å².